The zero-order valence-corrected chi connectivity index (χ0v) is 29.0. The fourth-order valence-electron chi connectivity index (χ4n) is 2.49. The Labute approximate surface area is 282 Å². The highest BCUT2D eigenvalue weighted by Crippen LogP contribution is 2.20. The number of hydrogen-bond donors (Lipinski definition) is 5. The summed E-state index contributed by atoms with van der Waals surface area (Å²) >= 11 is 1.49. The second-order valence-corrected chi connectivity index (χ2v) is 12.7. The number of aliphatic imine (C=N–C) groups is 3. The van der Waals surface area contributed by atoms with E-state index in [1.165, 1.54) is 11.9 Å². The number of nitrogens with one attached hydrogen (secondary N) is 5. The Bertz CT molecular complexity index is 1090. The van der Waals surface area contributed by atoms with Crippen LogP contribution in [-0.2, 0) is 14.0 Å². The first-order chi connectivity index (χ1) is 20.6. The van der Waals surface area contributed by atoms with Crippen molar-refractivity contribution in [3.63, 3.8) is 0 Å². The molecule has 0 fully saturated rings. The van der Waals surface area contributed by atoms with E-state index >= 15 is 0 Å². The van der Waals surface area contributed by atoms with E-state index in [2.05, 4.69) is 114 Å². The Morgan fingerprint density at radius 2 is 1.13 bits per heavy atom. The van der Waals surface area contributed by atoms with Crippen LogP contribution in [0.15, 0.2) is 55.9 Å². The first-order valence-corrected chi connectivity index (χ1v) is 16.1. The van der Waals surface area contributed by atoms with Crippen LogP contribution in [0.2, 0.25) is 0 Å². The van der Waals surface area contributed by atoms with Gasteiger partial charge in [0.1, 0.15) is 28.4 Å². The summed E-state index contributed by atoms with van der Waals surface area (Å²) in [5.74, 6) is 10.9. The van der Waals surface area contributed by atoms with Crippen LogP contribution in [-0.4, -0.2) is 49.8 Å². The van der Waals surface area contributed by atoms with Gasteiger partial charge in [0.25, 0.3) is 0 Å². The third kappa shape index (κ3) is 17.7. The van der Waals surface area contributed by atoms with E-state index in [9.17, 15) is 0 Å². The van der Waals surface area contributed by atoms with Crippen LogP contribution in [0.4, 0.5) is 0 Å². The van der Waals surface area contributed by atoms with Gasteiger partial charge in [-0.15, -0.1) is 10.2 Å². The zero-order valence-electron chi connectivity index (χ0n) is 27.4. The lowest BCUT2D eigenvalue weighted by molar-refractivity contribution is 0.176. The lowest BCUT2D eigenvalue weighted by Gasteiger charge is -2.01. The normalized spacial score (nSPS) is 17.2. The van der Waals surface area contributed by atoms with Crippen molar-refractivity contribution in [3.8, 4) is 0 Å². The van der Waals surface area contributed by atoms with Crippen LogP contribution >= 0.6 is 22.9 Å². The maximum Gasteiger partial charge on any atom is 0.240 e. The molecule has 5 N–H and O–H groups in total. The predicted molar refractivity (Wildman–Crippen MR) is 196 cm³/mol. The number of hydroxylamine groups is 3. The quantitative estimate of drug-likeness (QED) is 0.167. The van der Waals surface area contributed by atoms with Gasteiger partial charge in [0.2, 0.25) is 11.8 Å². The molecule has 46 heavy (non-hydrogen) atoms. The molecule has 1 atom stereocenters. The molecule has 1 unspecified atom stereocenters. The average molecular weight is 685 g/mol. The molecule has 0 amide bonds. The van der Waals surface area contributed by atoms with Crippen LogP contribution in [0.1, 0.15) is 95.8 Å². The molecule has 0 bridgehead atoms. The summed E-state index contributed by atoms with van der Waals surface area (Å²) in [6.07, 6.45) is 0. The Kier molecular flexibility index (Phi) is 22.0. The largest absolute Gasteiger partial charge is 0.361 e. The molecule has 4 aliphatic rings. The molecule has 0 spiro atoms. The summed E-state index contributed by atoms with van der Waals surface area (Å²) in [7, 11) is -0.497. The van der Waals surface area contributed by atoms with E-state index in [4.69, 9.17) is 14.0 Å². The van der Waals surface area contributed by atoms with Crippen LogP contribution in [0.5, 0.6) is 0 Å². The van der Waals surface area contributed by atoms with Gasteiger partial charge in [0, 0.05) is 41.5 Å². The van der Waals surface area contributed by atoms with E-state index < -0.39 is 11.0 Å². The number of nitrogens with zero attached hydrogens (tertiary/aromatic N) is 7. The number of aromatic nitrogens is 4. The molecule has 262 valence electrons. The average Bonchev–Trinajstić information content (AvgIpc) is 3.76. The minimum atomic E-state index is -0.497. The standard InChI is InChI=1S/2C6H10N2O.C6H10N2S.C5H10N2OS.C4H8N4.2CH4/c3*1-4(2)6-7-5(3)9-8-6;1-4(2)5-6-8-9(3)7-5;1-3(2)4-5-7-8-6-4;;/h3*4H,3H2,1-2H3,(H,7,8);4H,3H2,1-2H3,(H,6,7);3H,1-2H3,(H,5,6,7,8);2*1H4. The van der Waals surface area contributed by atoms with Crippen molar-refractivity contribution in [1.82, 2.24) is 41.8 Å². The maximum absolute atomic E-state index is 4.89. The summed E-state index contributed by atoms with van der Waals surface area (Å²) in [6, 6.07) is 0. The molecular formula is C29H56N12O3S2. The van der Waals surface area contributed by atoms with Crippen molar-refractivity contribution in [2.45, 2.75) is 90.0 Å². The number of hydrogen-bond acceptors (Lipinski definition) is 15. The number of H-pyrrole nitrogens is 1. The highest BCUT2D eigenvalue weighted by Gasteiger charge is 2.14. The molecular weight excluding hydrogens is 629 g/mol. The van der Waals surface area contributed by atoms with Crippen LogP contribution in [0.25, 0.3) is 0 Å². The fourth-order valence-corrected chi connectivity index (χ4v) is 3.82. The molecule has 4 aliphatic heterocycles. The van der Waals surface area contributed by atoms with Gasteiger partial charge >= 0.3 is 0 Å². The van der Waals surface area contributed by atoms with Crippen molar-refractivity contribution in [3.05, 3.63) is 42.4 Å². The fraction of sp³-hybridized carbons (Fsp3) is 0.586. The lowest BCUT2D eigenvalue weighted by atomic mass is 10.2. The van der Waals surface area contributed by atoms with E-state index in [1.54, 1.807) is 0 Å². The summed E-state index contributed by atoms with van der Waals surface area (Å²) in [5.41, 5.74) is 8.02. The minimum Gasteiger partial charge on any atom is -0.361 e. The van der Waals surface area contributed by atoms with Crippen molar-refractivity contribution in [2.24, 2.45) is 43.0 Å². The smallest absolute Gasteiger partial charge is 0.240 e. The molecule has 15 nitrogen and oxygen atoms in total. The molecule has 0 radical (unpaired) electrons. The highest BCUT2D eigenvalue weighted by atomic mass is 32.2. The van der Waals surface area contributed by atoms with Crippen LogP contribution in [0, 0.1) is 23.7 Å². The first-order valence-electron chi connectivity index (χ1n) is 14.0. The molecule has 1 aromatic rings. The van der Waals surface area contributed by atoms with Gasteiger partial charge in [0.05, 0.1) is 11.0 Å². The second kappa shape index (κ2) is 22.7. The van der Waals surface area contributed by atoms with Crippen molar-refractivity contribution in [2.75, 3.05) is 0 Å². The van der Waals surface area contributed by atoms with Crippen LogP contribution < -0.4 is 21.2 Å². The Morgan fingerprint density at radius 3 is 1.30 bits per heavy atom. The first kappa shape index (κ1) is 44.4. The van der Waals surface area contributed by atoms with Gasteiger partial charge < -0.3 is 14.4 Å². The molecule has 0 saturated carbocycles. The van der Waals surface area contributed by atoms with Gasteiger partial charge in [-0.3, -0.25) is 0 Å². The minimum absolute atomic E-state index is 0. The topological polar surface area (TPSA) is 180 Å². The Balaban J connectivity index is 0. The summed E-state index contributed by atoms with van der Waals surface area (Å²) in [5, 5.41) is 14.2. The van der Waals surface area contributed by atoms with Gasteiger partial charge in [-0.1, -0.05) is 95.9 Å². The third-order valence-corrected chi connectivity index (χ3v) is 6.38. The van der Waals surface area contributed by atoms with E-state index in [-0.39, 0.29) is 14.9 Å². The zero-order chi connectivity index (χ0) is 33.4. The molecule has 1 aromatic heterocycles. The van der Waals surface area contributed by atoms with E-state index in [1.807, 2.05) is 41.5 Å². The third-order valence-electron chi connectivity index (χ3n) is 5.06. The highest BCUT2D eigenvalue weighted by molar-refractivity contribution is 8.09. The van der Waals surface area contributed by atoms with Gasteiger partial charge in [0.15, 0.2) is 5.82 Å². The van der Waals surface area contributed by atoms with E-state index in [0.717, 1.165) is 34.2 Å². The number of aromatic amines is 1. The second-order valence-electron chi connectivity index (χ2n) is 10.8. The molecule has 0 saturated heterocycles. The number of tetrazole rings is 1. The summed E-state index contributed by atoms with van der Waals surface area (Å²) in [4.78, 5) is 21.7. The molecule has 0 aromatic carbocycles. The number of amidine groups is 4. The Morgan fingerprint density at radius 1 is 0.652 bits per heavy atom. The summed E-state index contributed by atoms with van der Waals surface area (Å²) < 4.78 is 12.1. The molecule has 0 aliphatic carbocycles. The van der Waals surface area contributed by atoms with Gasteiger partial charge in [-0.25, -0.2) is 21.4 Å². The van der Waals surface area contributed by atoms with Crippen molar-refractivity contribution >= 4 is 52.1 Å². The molecule has 17 heteroatoms. The molecule has 5 heterocycles. The maximum atomic E-state index is 4.89. The van der Waals surface area contributed by atoms with Gasteiger partial charge in [-0.05, 0) is 19.0 Å². The van der Waals surface area contributed by atoms with E-state index in [0.29, 0.717) is 41.4 Å². The monoisotopic (exact) mass is 684 g/mol. The van der Waals surface area contributed by atoms with Crippen LogP contribution in [0.3, 0.4) is 0 Å². The predicted octanol–water partition coefficient (Wildman–Crippen LogP) is 6.56. The summed E-state index contributed by atoms with van der Waals surface area (Å²) in [6.45, 7) is 31.2. The van der Waals surface area contributed by atoms with Crippen molar-refractivity contribution in [1.29, 1.82) is 0 Å². The SMILES string of the molecule is C.C.C=C1N=C(C(C)C)NO1.C=C1N=C(C(C)C)NO1.C=C1N=C(C(C)C)NS1.C=S1N=C(C(C)C)NO1.CC(C)c1nn[nH]n1. The van der Waals surface area contributed by atoms with Crippen molar-refractivity contribution < 1.29 is 14.0 Å². The Hall–Kier alpha value is -3.70. The number of rotatable bonds is 5. The lowest BCUT2D eigenvalue weighted by Crippen LogP contribution is -2.21. The van der Waals surface area contributed by atoms with Gasteiger partial charge in [-0.2, -0.15) is 23.9 Å². The molecule has 5 rings (SSSR count).